The molecule has 0 radical (unpaired) electrons. The van der Waals surface area contributed by atoms with E-state index in [1.165, 1.54) is 6.07 Å². The van der Waals surface area contributed by atoms with Crippen LogP contribution in [0.4, 0.5) is 5.69 Å². The van der Waals surface area contributed by atoms with E-state index >= 15 is 0 Å². The summed E-state index contributed by atoms with van der Waals surface area (Å²) < 4.78 is 32.6. The van der Waals surface area contributed by atoms with Gasteiger partial charge in [-0.2, -0.15) is 0 Å². The second kappa shape index (κ2) is 8.20. The number of anilines is 1. The largest absolute Gasteiger partial charge is 0.456 e. The number of carbonyl (C=O) groups excluding carboxylic acids is 1. The first-order valence-electron chi connectivity index (χ1n) is 8.93. The molecule has 2 heterocycles. The third-order valence-electron chi connectivity index (χ3n) is 4.28. The van der Waals surface area contributed by atoms with Crippen molar-refractivity contribution in [1.82, 2.24) is 4.72 Å². The molecule has 0 aliphatic carbocycles. The van der Waals surface area contributed by atoms with Gasteiger partial charge in [0.05, 0.1) is 0 Å². The number of amides is 1. The molecule has 0 aliphatic heterocycles. The summed E-state index contributed by atoms with van der Waals surface area (Å²) in [6, 6.07) is 20.3. The van der Waals surface area contributed by atoms with Crippen LogP contribution in [0.25, 0.3) is 22.3 Å². The summed E-state index contributed by atoms with van der Waals surface area (Å²) in [5.74, 6) is 0.488. The van der Waals surface area contributed by atoms with Gasteiger partial charge < -0.3 is 9.73 Å². The Bertz CT molecular complexity index is 1190. The first kappa shape index (κ1) is 19.4. The van der Waals surface area contributed by atoms with Crippen LogP contribution in [0, 0.1) is 0 Å². The van der Waals surface area contributed by atoms with Gasteiger partial charge in [-0.25, -0.2) is 13.1 Å². The number of rotatable bonds is 7. The van der Waals surface area contributed by atoms with E-state index < -0.39 is 10.0 Å². The van der Waals surface area contributed by atoms with E-state index in [1.54, 1.807) is 23.6 Å². The van der Waals surface area contributed by atoms with Crippen LogP contribution in [-0.2, 0) is 14.8 Å². The quantitative estimate of drug-likeness (QED) is 0.456. The minimum Gasteiger partial charge on any atom is -0.456 e. The number of fused-ring (bicyclic) bond motifs is 1. The molecular weight excluding hydrogens is 408 g/mol. The number of hydrogen-bond acceptors (Lipinski definition) is 5. The Morgan fingerprint density at radius 3 is 2.52 bits per heavy atom. The van der Waals surface area contributed by atoms with Gasteiger partial charge in [0.1, 0.15) is 15.6 Å². The van der Waals surface area contributed by atoms with Crippen LogP contribution in [0.5, 0.6) is 0 Å². The Morgan fingerprint density at radius 1 is 1.00 bits per heavy atom. The van der Waals surface area contributed by atoms with Crippen molar-refractivity contribution in [2.24, 2.45) is 0 Å². The van der Waals surface area contributed by atoms with Crippen molar-refractivity contribution in [3.63, 3.8) is 0 Å². The fraction of sp³-hybridized carbons (Fsp3) is 0.0952. The molecule has 29 heavy (non-hydrogen) atoms. The smallest absolute Gasteiger partial charge is 0.250 e. The predicted molar refractivity (Wildman–Crippen MR) is 114 cm³/mol. The maximum absolute atomic E-state index is 12.1. The Labute approximate surface area is 172 Å². The number of nitrogens with one attached hydrogen (secondary N) is 2. The van der Waals surface area contributed by atoms with Crippen molar-refractivity contribution in [1.29, 1.82) is 0 Å². The summed E-state index contributed by atoms with van der Waals surface area (Å²) >= 11 is 1.13. The second-order valence-corrected chi connectivity index (χ2v) is 9.30. The monoisotopic (exact) mass is 426 g/mol. The molecule has 0 bridgehead atoms. The lowest BCUT2D eigenvalue weighted by atomic mass is 10.1. The number of benzene rings is 2. The van der Waals surface area contributed by atoms with Gasteiger partial charge in [0.2, 0.25) is 15.9 Å². The highest BCUT2D eigenvalue weighted by molar-refractivity contribution is 7.91. The number of furan rings is 1. The summed E-state index contributed by atoms with van der Waals surface area (Å²) in [5.41, 5.74) is 2.36. The number of sulfonamides is 1. The molecule has 0 fully saturated rings. The predicted octanol–water partition coefficient (Wildman–Crippen LogP) is 4.47. The van der Waals surface area contributed by atoms with E-state index in [0.717, 1.165) is 33.6 Å². The van der Waals surface area contributed by atoms with Crippen molar-refractivity contribution in [3.05, 3.63) is 72.1 Å². The molecule has 6 nitrogen and oxygen atoms in total. The minimum absolute atomic E-state index is 0.0309. The van der Waals surface area contributed by atoms with E-state index in [2.05, 4.69) is 10.0 Å². The van der Waals surface area contributed by atoms with Gasteiger partial charge in [0.25, 0.3) is 0 Å². The summed E-state index contributed by atoms with van der Waals surface area (Å²) in [6.07, 6.45) is 0.0376. The van der Waals surface area contributed by atoms with Crippen LogP contribution in [0.2, 0.25) is 0 Å². The van der Waals surface area contributed by atoms with Gasteiger partial charge in [0, 0.05) is 29.6 Å². The molecule has 4 aromatic rings. The molecule has 148 valence electrons. The zero-order valence-corrected chi connectivity index (χ0v) is 16.9. The van der Waals surface area contributed by atoms with Crippen LogP contribution in [0.1, 0.15) is 6.42 Å². The Hall–Kier alpha value is -2.94. The van der Waals surface area contributed by atoms with E-state index in [1.807, 2.05) is 42.5 Å². The zero-order valence-electron chi connectivity index (χ0n) is 15.3. The third-order valence-corrected chi connectivity index (χ3v) is 7.14. The molecule has 0 atom stereocenters. The maximum Gasteiger partial charge on any atom is 0.250 e. The molecule has 8 heteroatoms. The normalized spacial score (nSPS) is 11.6. The van der Waals surface area contributed by atoms with E-state index in [0.29, 0.717) is 5.69 Å². The summed E-state index contributed by atoms with van der Waals surface area (Å²) in [6.45, 7) is 0.0309. The first-order valence-corrected chi connectivity index (χ1v) is 11.3. The molecule has 0 unspecified atom stereocenters. The molecule has 2 N–H and O–H groups in total. The summed E-state index contributed by atoms with van der Waals surface area (Å²) in [4.78, 5) is 12.1. The Balaban J connectivity index is 1.33. The van der Waals surface area contributed by atoms with Gasteiger partial charge in [0.15, 0.2) is 0 Å². The van der Waals surface area contributed by atoms with Crippen molar-refractivity contribution >= 4 is 43.9 Å². The average molecular weight is 427 g/mol. The van der Waals surface area contributed by atoms with Crippen molar-refractivity contribution in [3.8, 4) is 11.3 Å². The fourth-order valence-corrected chi connectivity index (χ4v) is 4.92. The summed E-state index contributed by atoms with van der Waals surface area (Å²) in [7, 11) is -3.55. The van der Waals surface area contributed by atoms with Crippen molar-refractivity contribution < 1.29 is 17.6 Å². The first-order chi connectivity index (χ1) is 14.0. The molecule has 2 aromatic carbocycles. The number of hydrogen-bond donors (Lipinski definition) is 2. The number of para-hydroxylation sites is 1. The highest BCUT2D eigenvalue weighted by Crippen LogP contribution is 2.28. The SMILES string of the molecule is O=C(CCNS(=O)(=O)c1cccs1)Nc1ccc(-c2cc3ccccc3o2)cc1. The molecule has 0 saturated heterocycles. The van der Waals surface area contributed by atoms with E-state index in [-0.39, 0.29) is 23.1 Å². The topological polar surface area (TPSA) is 88.4 Å². The summed E-state index contributed by atoms with van der Waals surface area (Å²) in [5, 5.41) is 5.49. The molecule has 2 aromatic heterocycles. The third kappa shape index (κ3) is 4.56. The zero-order chi connectivity index (χ0) is 20.3. The Kier molecular flexibility index (Phi) is 5.48. The molecule has 0 aliphatic rings. The molecular formula is C21H18N2O4S2. The number of thiophene rings is 1. The van der Waals surface area contributed by atoms with Crippen LogP contribution in [0.15, 0.2) is 80.7 Å². The lowest BCUT2D eigenvalue weighted by Crippen LogP contribution is -2.27. The van der Waals surface area contributed by atoms with Crippen LogP contribution >= 0.6 is 11.3 Å². The van der Waals surface area contributed by atoms with Gasteiger partial charge in [-0.05, 0) is 47.8 Å². The van der Waals surface area contributed by atoms with Gasteiger partial charge >= 0.3 is 0 Å². The number of carbonyl (C=O) groups is 1. The van der Waals surface area contributed by atoms with Crippen molar-refractivity contribution in [2.75, 3.05) is 11.9 Å². The van der Waals surface area contributed by atoms with Gasteiger partial charge in [-0.3, -0.25) is 4.79 Å². The second-order valence-electron chi connectivity index (χ2n) is 6.35. The average Bonchev–Trinajstić information content (AvgIpc) is 3.39. The van der Waals surface area contributed by atoms with E-state index in [4.69, 9.17) is 4.42 Å². The minimum atomic E-state index is -3.55. The lowest BCUT2D eigenvalue weighted by molar-refractivity contribution is -0.116. The van der Waals surface area contributed by atoms with Gasteiger partial charge in [-0.15, -0.1) is 11.3 Å². The van der Waals surface area contributed by atoms with Gasteiger partial charge in [-0.1, -0.05) is 24.3 Å². The van der Waals surface area contributed by atoms with Crippen LogP contribution < -0.4 is 10.0 Å². The highest BCUT2D eigenvalue weighted by atomic mass is 32.2. The Morgan fingerprint density at radius 2 is 1.79 bits per heavy atom. The van der Waals surface area contributed by atoms with Crippen molar-refractivity contribution in [2.45, 2.75) is 10.6 Å². The maximum atomic E-state index is 12.1. The molecule has 1 amide bonds. The molecule has 4 rings (SSSR count). The lowest BCUT2D eigenvalue weighted by Gasteiger charge is -2.07. The van der Waals surface area contributed by atoms with Crippen LogP contribution in [0.3, 0.4) is 0 Å². The van der Waals surface area contributed by atoms with E-state index in [9.17, 15) is 13.2 Å². The standard InChI is InChI=1S/C21H18N2O4S2/c24-20(11-12-22-29(25,26)21-6-3-13-28-21)23-17-9-7-15(8-10-17)19-14-16-4-1-2-5-18(16)27-19/h1-10,13-14,22H,11-12H2,(H,23,24). The molecule has 0 spiro atoms. The highest BCUT2D eigenvalue weighted by Gasteiger charge is 2.15. The fourth-order valence-electron chi connectivity index (χ4n) is 2.85. The van der Waals surface area contributed by atoms with Crippen LogP contribution in [-0.4, -0.2) is 20.9 Å². The molecule has 0 saturated carbocycles.